The maximum absolute atomic E-state index is 5.39. The van der Waals surface area contributed by atoms with Gasteiger partial charge in [0.2, 0.25) is 0 Å². The molecule has 1 aromatic carbocycles. The Morgan fingerprint density at radius 2 is 2.00 bits per heavy atom. The lowest BCUT2D eigenvalue weighted by Crippen LogP contribution is -1.93. The molecule has 0 spiro atoms. The third-order valence-electron chi connectivity index (χ3n) is 3.32. The Labute approximate surface area is 141 Å². The van der Waals surface area contributed by atoms with E-state index >= 15 is 0 Å². The third-order valence-corrected chi connectivity index (χ3v) is 5.25. The number of hydrogen-bond donors (Lipinski definition) is 0. The summed E-state index contributed by atoms with van der Waals surface area (Å²) in [6, 6.07) is 11.9. The van der Waals surface area contributed by atoms with Crippen molar-refractivity contribution in [1.29, 1.82) is 0 Å². The monoisotopic (exact) mass is 339 g/mol. The SMILES string of the molecule is Cc1nc(SCc2csc(-c3ccco3)n2)c2ccccc2n1. The second kappa shape index (κ2) is 6.14. The van der Waals surface area contributed by atoms with E-state index in [9.17, 15) is 0 Å². The van der Waals surface area contributed by atoms with Gasteiger partial charge in [-0.3, -0.25) is 0 Å². The number of fused-ring (bicyclic) bond motifs is 1. The highest BCUT2D eigenvalue weighted by atomic mass is 32.2. The van der Waals surface area contributed by atoms with E-state index in [1.165, 1.54) is 0 Å². The van der Waals surface area contributed by atoms with Crippen LogP contribution in [0.4, 0.5) is 0 Å². The average molecular weight is 339 g/mol. The predicted molar refractivity (Wildman–Crippen MR) is 93.7 cm³/mol. The first-order chi connectivity index (χ1) is 11.3. The van der Waals surface area contributed by atoms with Gasteiger partial charge in [0.15, 0.2) is 10.8 Å². The normalized spacial score (nSPS) is 11.2. The fourth-order valence-corrected chi connectivity index (χ4v) is 4.15. The largest absolute Gasteiger partial charge is 0.462 e. The molecule has 0 fully saturated rings. The Hall–Kier alpha value is -2.18. The first-order valence-corrected chi connectivity index (χ1v) is 9.00. The highest BCUT2D eigenvalue weighted by Crippen LogP contribution is 2.30. The Morgan fingerprint density at radius 3 is 2.87 bits per heavy atom. The molecule has 114 valence electrons. The predicted octanol–water partition coefficient (Wildman–Crippen LogP) is 4.95. The molecule has 0 amide bonds. The third kappa shape index (κ3) is 3.00. The summed E-state index contributed by atoms with van der Waals surface area (Å²) >= 11 is 3.29. The number of thioether (sulfide) groups is 1. The van der Waals surface area contributed by atoms with Crippen molar-refractivity contribution in [3.8, 4) is 10.8 Å². The number of thiazole rings is 1. The van der Waals surface area contributed by atoms with Crippen molar-refractivity contribution in [2.45, 2.75) is 17.7 Å². The lowest BCUT2D eigenvalue weighted by atomic mass is 10.2. The van der Waals surface area contributed by atoms with Gasteiger partial charge in [-0.25, -0.2) is 15.0 Å². The molecular formula is C17H13N3OS2. The van der Waals surface area contributed by atoms with Crippen molar-refractivity contribution in [1.82, 2.24) is 15.0 Å². The van der Waals surface area contributed by atoms with Crippen LogP contribution < -0.4 is 0 Å². The number of nitrogens with zero attached hydrogens (tertiary/aromatic N) is 3. The van der Waals surface area contributed by atoms with Gasteiger partial charge in [0.25, 0.3) is 0 Å². The number of benzene rings is 1. The summed E-state index contributed by atoms with van der Waals surface area (Å²) in [4.78, 5) is 13.7. The van der Waals surface area contributed by atoms with Gasteiger partial charge < -0.3 is 4.42 Å². The molecule has 0 saturated carbocycles. The van der Waals surface area contributed by atoms with Crippen LogP contribution in [0.15, 0.2) is 57.5 Å². The van der Waals surface area contributed by atoms with Crippen LogP contribution in [0.25, 0.3) is 21.7 Å². The van der Waals surface area contributed by atoms with Gasteiger partial charge in [0.1, 0.15) is 10.9 Å². The summed E-state index contributed by atoms with van der Waals surface area (Å²) in [6.07, 6.45) is 1.67. The van der Waals surface area contributed by atoms with Crippen molar-refractivity contribution in [3.63, 3.8) is 0 Å². The van der Waals surface area contributed by atoms with Crippen LogP contribution in [-0.4, -0.2) is 15.0 Å². The molecule has 4 aromatic rings. The van der Waals surface area contributed by atoms with Crippen LogP contribution in [0.2, 0.25) is 0 Å². The summed E-state index contributed by atoms with van der Waals surface area (Å²) in [5.74, 6) is 2.38. The Bertz CT molecular complexity index is 948. The molecule has 0 aliphatic rings. The second-order valence-corrected chi connectivity index (χ2v) is 6.83. The van der Waals surface area contributed by atoms with Crippen molar-refractivity contribution in [2.24, 2.45) is 0 Å². The minimum atomic E-state index is 0.775. The zero-order valence-corrected chi connectivity index (χ0v) is 14.0. The smallest absolute Gasteiger partial charge is 0.162 e. The molecule has 0 bridgehead atoms. The minimum absolute atomic E-state index is 0.775. The number of aryl methyl sites for hydroxylation is 1. The summed E-state index contributed by atoms with van der Waals surface area (Å²) < 4.78 is 5.39. The van der Waals surface area contributed by atoms with Crippen LogP contribution >= 0.6 is 23.1 Å². The first kappa shape index (κ1) is 14.4. The van der Waals surface area contributed by atoms with Gasteiger partial charge in [-0.05, 0) is 25.1 Å². The van der Waals surface area contributed by atoms with Crippen LogP contribution in [0.5, 0.6) is 0 Å². The van der Waals surface area contributed by atoms with E-state index < -0.39 is 0 Å². The Balaban J connectivity index is 1.58. The van der Waals surface area contributed by atoms with Crippen molar-refractivity contribution < 1.29 is 4.42 Å². The number of rotatable bonds is 4. The van der Waals surface area contributed by atoms with Gasteiger partial charge in [-0.15, -0.1) is 11.3 Å². The van der Waals surface area contributed by atoms with Crippen molar-refractivity contribution >= 4 is 34.0 Å². The van der Waals surface area contributed by atoms with Gasteiger partial charge in [0, 0.05) is 16.5 Å². The Morgan fingerprint density at radius 1 is 1.09 bits per heavy atom. The van der Waals surface area contributed by atoms with E-state index in [0.717, 1.165) is 44.0 Å². The minimum Gasteiger partial charge on any atom is -0.462 e. The fourth-order valence-electron chi connectivity index (χ4n) is 2.30. The van der Waals surface area contributed by atoms with E-state index in [1.54, 1.807) is 29.4 Å². The molecule has 3 aromatic heterocycles. The molecule has 3 heterocycles. The number of aromatic nitrogens is 3. The average Bonchev–Trinajstić information content (AvgIpc) is 3.23. The zero-order chi connectivity index (χ0) is 15.6. The molecule has 6 heteroatoms. The molecule has 0 atom stereocenters. The maximum atomic E-state index is 5.39. The lowest BCUT2D eigenvalue weighted by Gasteiger charge is -2.05. The standard InChI is InChI=1S/C17H13N3OS2/c1-11-18-14-6-3-2-5-13(14)16(19-11)22-9-12-10-23-17(20-12)15-7-4-8-21-15/h2-8,10H,9H2,1H3. The highest BCUT2D eigenvalue weighted by Gasteiger charge is 2.10. The number of hydrogen-bond acceptors (Lipinski definition) is 6. The van der Waals surface area contributed by atoms with E-state index in [0.29, 0.717) is 0 Å². The molecular weight excluding hydrogens is 326 g/mol. The van der Waals surface area contributed by atoms with E-state index in [1.807, 2.05) is 37.3 Å². The molecule has 4 rings (SSSR count). The van der Waals surface area contributed by atoms with E-state index in [2.05, 4.69) is 26.4 Å². The fraction of sp³-hybridized carbons (Fsp3) is 0.118. The number of para-hydroxylation sites is 1. The lowest BCUT2D eigenvalue weighted by molar-refractivity contribution is 0.581. The molecule has 4 nitrogen and oxygen atoms in total. The molecule has 0 saturated heterocycles. The summed E-state index contributed by atoms with van der Waals surface area (Å²) in [7, 11) is 0. The summed E-state index contributed by atoms with van der Waals surface area (Å²) in [5.41, 5.74) is 2.02. The van der Waals surface area contributed by atoms with Crippen molar-refractivity contribution in [2.75, 3.05) is 0 Å². The Kier molecular flexibility index (Phi) is 3.85. The van der Waals surface area contributed by atoms with E-state index in [4.69, 9.17) is 4.42 Å². The molecule has 23 heavy (non-hydrogen) atoms. The quantitative estimate of drug-likeness (QED) is 0.389. The van der Waals surface area contributed by atoms with Crippen LogP contribution in [0.1, 0.15) is 11.5 Å². The molecule has 0 aliphatic carbocycles. The van der Waals surface area contributed by atoms with Gasteiger partial charge in [0.05, 0.1) is 17.5 Å². The first-order valence-electron chi connectivity index (χ1n) is 7.14. The highest BCUT2D eigenvalue weighted by molar-refractivity contribution is 7.98. The van der Waals surface area contributed by atoms with Crippen LogP contribution in [0.3, 0.4) is 0 Å². The molecule has 0 radical (unpaired) electrons. The van der Waals surface area contributed by atoms with Crippen LogP contribution in [-0.2, 0) is 5.75 Å². The second-order valence-electron chi connectivity index (χ2n) is 5.00. The van der Waals surface area contributed by atoms with Crippen LogP contribution in [0, 0.1) is 6.92 Å². The van der Waals surface area contributed by atoms with Gasteiger partial charge >= 0.3 is 0 Å². The summed E-state index contributed by atoms with van der Waals surface area (Å²) in [6.45, 7) is 1.92. The summed E-state index contributed by atoms with van der Waals surface area (Å²) in [5, 5.41) is 5.07. The molecule has 0 N–H and O–H groups in total. The van der Waals surface area contributed by atoms with Gasteiger partial charge in [-0.1, -0.05) is 30.0 Å². The maximum Gasteiger partial charge on any atom is 0.162 e. The molecule has 0 unspecified atom stereocenters. The zero-order valence-electron chi connectivity index (χ0n) is 12.4. The van der Waals surface area contributed by atoms with Gasteiger partial charge in [-0.2, -0.15) is 0 Å². The molecule has 0 aliphatic heterocycles. The topological polar surface area (TPSA) is 51.8 Å². The van der Waals surface area contributed by atoms with E-state index in [-0.39, 0.29) is 0 Å². The number of furan rings is 1. The van der Waals surface area contributed by atoms with Crippen molar-refractivity contribution in [3.05, 3.63) is 59.6 Å².